The van der Waals surface area contributed by atoms with Crippen molar-refractivity contribution in [1.29, 1.82) is 0 Å². The topological polar surface area (TPSA) is 32.3 Å². The van der Waals surface area contributed by atoms with Gasteiger partial charge in [0.2, 0.25) is 5.91 Å². The standard InChI is InChI=1S/C15H18BrFN2O/c16-12-3-1-11(13(17)7-12)9-19-14-5-6-18-8-10(14)2-4-15(19)20/h1,3,7,10,14,18H,2,4-6,8-9H2. The molecular formula is C15H18BrFN2O. The van der Waals surface area contributed by atoms with Crippen molar-refractivity contribution in [3.63, 3.8) is 0 Å². The zero-order valence-electron chi connectivity index (χ0n) is 11.2. The quantitative estimate of drug-likeness (QED) is 0.897. The summed E-state index contributed by atoms with van der Waals surface area (Å²) in [5.74, 6) is 0.429. The van der Waals surface area contributed by atoms with Gasteiger partial charge in [0.15, 0.2) is 0 Å². The molecule has 3 nitrogen and oxygen atoms in total. The van der Waals surface area contributed by atoms with E-state index < -0.39 is 0 Å². The van der Waals surface area contributed by atoms with E-state index in [4.69, 9.17) is 0 Å². The molecule has 2 unspecified atom stereocenters. The fourth-order valence-electron chi connectivity index (χ4n) is 3.29. The summed E-state index contributed by atoms with van der Waals surface area (Å²) in [6.45, 7) is 2.30. The molecule has 2 aliphatic heterocycles. The van der Waals surface area contributed by atoms with E-state index in [1.807, 2.05) is 11.0 Å². The largest absolute Gasteiger partial charge is 0.335 e. The van der Waals surface area contributed by atoms with Gasteiger partial charge in [-0.25, -0.2) is 4.39 Å². The molecule has 20 heavy (non-hydrogen) atoms. The highest BCUT2D eigenvalue weighted by Gasteiger charge is 2.37. The number of carbonyl (C=O) groups is 1. The lowest BCUT2D eigenvalue weighted by molar-refractivity contribution is -0.140. The van der Waals surface area contributed by atoms with Crippen molar-refractivity contribution in [1.82, 2.24) is 10.2 Å². The Morgan fingerprint density at radius 1 is 1.40 bits per heavy atom. The molecule has 2 saturated heterocycles. The number of hydrogen-bond donors (Lipinski definition) is 1. The number of likely N-dealkylation sites (tertiary alicyclic amines) is 1. The van der Waals surface area contributed by atoms with Crippen molar-refractivity contribution >= 4 is 21.8 Å². The Morgan fingerprint density at radius 3 is 3.05 bits per heavy atom. The van der Waals surface area contributed by atoms with Gasteiger partial charge in [-0.1, -0.05) is 22.0 Å². The number of hydrogen-bond acceptors (Lipinski definition) is 2. The van der Waals surface area contributed by atoms with Crippen molar-refractivity contribution in [2.45, 2.75) is 31.8 Å². The summed E-state index contributed by atoms with van der Waals surface area (Å²) in [5, 5.41) is 3.38. The fraction of sp³-hybridized carbons (Fsp3) is 0.533. The molecule has 2 fully saturated rings. The SMILES string of the molecule is O=C1CCC2CNCCC2N1Cc1ccc(Br)cc1F. The number of nitrogens with zero attached hydrogens (tertiary/aromatic N) is 1. The second-order valence-electron chi connectivity index (χ2n) is 5.62. The highest BCUT2D eigenvalue weighted by molar-refractivity contribution is 9.10. The smallest absolute Gasteiger partial charge is 0.223 e. The first kappa shape index (κ1) is 14.0. The van der Waals surface area contributed by atoms with Crippen LogP contribution in [0.3, 0.4) is 0 Å². The minimum atomic E-state index is -0.247. The van der Waals surface area contributed by atoms with Crippen LogP contribution in [0.5, 0.6) is 0 Å². The van der Waals surface area contributed by atoms with Gasteiger partial charge in [0.25, 0.3) is 0 Å². The summed E-state index contributed by atoms with van der Waals surface area (Å²) >= 11 is 3.26. The number of nitrogens with one attached hydrogen (secondary N) is 1. The zero-order chi connectivity index (χ0) is 14.1. The number of amides is 1. The van der Waals surface area contributed by atoms with Gasteiger partial charge in [0.1, 0.15) is 5.82 Å². The maximum atomic E-state index is 14.0. The summed E-state index contributed by atoms with van der Waals surface area (Å²) in [5.41, 5.74) is 0.598. The van der Waals surface area contributed by atoms with Crippen molar-refractivity contribution in [2.24, 2.45) is 5.92 Å². The van der Waals surface area contributed by atoms with Crippen LogP contribution >= 0.6 is 15.9 Å². The van der Waals surface area contributed by atoms with Gasteiger partial charge >= 0.3 is 0 Å². The molecule has 108 valence electrons. The van der Waals surface area contributed by atoms with E-state index >= 15 is 0 Å². The van der Waals surface area contributed by atoms with Crippen LogP contribution in [0.15, 0.2) is 22.7 Å². The summed E-state index contributed by atoms with van der Waals surface area (Å²) in [6, 6.07) is 5.31. The second kappa shape index (κ2) is 5.82. The predicted molar refractivity (Wildman–Crippen MR) is 78.6 cm³/mol. The highest BCUT2D eigenvalue weighted by atomic mass is 79.9. The number of fused-ring (bicyclic) bond motifs is 1. The van der Waals surface area contributed by atoms with Crippen LogP contribution in [0.4, 0.5) is 4.39 Å². The molecule has 3 rings (SSSR count). The van der Waals surface area contributed by atoms with Crippen molar-refractivity contribution in [3.8, 4) is 0 Å². The molecular weight excluding hydrogens is 323 g/mol. The Hall–Kier alpha value is -0.940. The molecule has 0 saturated carbocycles. The maximum absolute atomic E-state index is 14.0. The minimum absolute atomic E-state index is 0.162. The molecule has 1 aromatic carbocycles. The van der Waals surface area contributed by atoms with Gasteiger partial charge in [-0.05, 0) is 44.0 Å². The maximum Gasteiger partial charge on any atom is 0.223 e. The number of piperidine rings is 2. The third-order valence-corrected chi connectivity index (χ3v) is 4.87. The van der Waals surface area contributed by atoms with Crippen molar-refractivity contribution < 1.29 is 9.18 Å². The van der Waals surface area contributed by atoms with Crippen LogP contribution in [-0.4, -0.2) is 29.9 Å². The van der Waals surface area contributed by atoms with E-state index in [1.165, 1.54) is 6.07 Å². The van der Waals surface area contributed by atoms with E-state index in [0.717, 1.165) is 30.4 Å². The van der Waals surface area contributed by atoms with E-state index in [0.29, 0.717) is 24.4 Å². The number of halogens is 2. The molecule has 1 aromatic rings. The molecule has 1 amide bonds. The minimum Gasteiger partial charge on any atom is -0.335 e. The fourth-order valence-corrected chi connectivity index (χ4v) is 3.62. The molecule has 1 N–H and O–H groups in total. The van der Waals surface area contributed by atoms with E-state index in [1.54, 1.807) is 6.07 Å². The lowest BCUT2D eigenvalue weighted by Crippen LogP contribution is -2.54. The van der Waals surface area contributed by atoms with Gasteiger partial charge < -0.3 is 10.2 Å². The molecule has 2 aliphatic rings. The average molecular weight is 341 g/mol. The van der Waals surface area contributed by atoms with Crippen molar-refractivity contribution in [2.75, 3.05) is 13.1 Å². The monoisotopic (exact) mass is 340 g/mol. The second-order valence-corrected chi connectivity index (χ2v) is 6.53. The Morgan fingerprint density at radius 2 is 2.25 bits per heavy atom. The van der Waals surface area contributed by atoms with Crippen LogP contribution in [0.2, 0.25) is 0 Å². The molecule has 0 bridgehead atoms. The number of carbonyl (C=O) groups excluding carboxylic acids is 1. The zero-order valence-corrected chi connectivity index (χ0v) is 12.8. The van der Waals surface area contributed by atoms with Crippen LogP contribution in [0.1, 0.15) is 24.8 Å². The summed E-state index contributed by atoms with van der Waals surface area (Å²) in [6.07, 6.45) is 2.51. The molecule has 0 aromatic heterocycles. The molecule has 0 aliphatic carbocycles. The van der Waals surface area contributed by atoms with Gasteiger partial charge in [0, 0.05) is 29.0 Å². The predicted octanol–water partition coefficient (Wildman–Crippen LogP) is 2.69. The summed E-state index contributed by atoms with van der Waals surface area (Å²) in [4.78, 5) is 14.1. The van der Waals surface area contributed by atoms with Crippen LogP contribution in [-0.2, 0) is 11.3 Å². The van der Waals surface area contributed by atoms with Gasteiger partial charge in [-0.15, -0.1) is 0 Å². The summed E-state index contributed by atoms with van der Waals surface area (Å²) < 4.78 is 14.7. The summed E-state index contributed by atoms with van der Waals surface area (Å²) in [7, 11) is 0. The molecule has 5 heteroatoms. The average Bonchev–Trinajstić information content (AvgIpc) is 2.44. The molecule has 2 atom stereocenters. The van der Waals surface area contributed by atoms with E-state index in [9.17, 15) is 9.18 Å². The Balaban J connectivity index is 1.81. The third kappa shape index (κ3) is 2.74. The van der Waals surface area contributed by atoms with Crippen molar-refractivity contribution in [3.05, 3.63) is 34.1 Å². The Kier molecular flexibility index (Phi) is 4.08. The Bertz CT molecular complexity index is 523. The normalized spacial score (nSPS) is 26.5. The molecule has 2 heterocycles. The van der Waals surface area contributed by atoms with Gasteiger partial charge in [-0.2, -0.15) is 0 Å². The van der Waals surface area contributed by atoms with Gasteiger partial charge in [-0.3, -0.25) is 4.79 Å². The molecule has 0 spiro atoms. The highest BCUT2D eigenvalue weighted by Crippen LogP contribution is 2.30. The van der Waals surface area contributed by atoms with Crippen LogP contribution < -0.4 is 5.32 Å². The third-order valence-electron chi connectivity index (χ3n) is 4.37. The molecule has 0 radical (unpaired) electrons. The first-order chi connectivity index (χ1) is 9.65. The first-order valence-electron chi connectivity index (χ1n) is 7.09. The Labute approximate surface area is 126 Å². The number of rotatable bonds is 2. The lowest BCUT2D eigenvalue weighted by Gasteiger charge is -2.44. The number of benzene rings is 1. The van der Waals surface area contributed by atoms with Crippen LogP contribution in [0.25, 0.3) is 0 Å². The van der Waals surface area contributed by atoms with E-state index in [-0.39, 0.29) is 17.8 Å². The first-order valence-corrected chi connectivity index (χ1v) is 7.88. The van der Waals surface area contributed by atoms with E-state index in [2.05, 4.69) is 21.2 Å². The van der Waals surface area contributed by atoms with Crippen LogP contribution in [0, 0.1) is 11.7 Å². The lowest BCUT2D eigenvalue weighted by atomic mass is 9.84. The van der Waals surface area contributed by atoms with Gasteiger partial charge in [0.05, 0.1) is 0 Å².